The Morgan fingerprint density at radius 3 is 2.76 bits per heavy atom. The van der Waals surface area contributed by atoms with Crippen LogP contribution in [0.4, 0.5) is 10.1 Å². The van der Waals surface area contributed by atoms with Crippen molar-refractivity contribution in [2.24, 2.45) is 0 Å². The topological polar surface area (TPSA) is 32.3 Å². The van der Waals surface area contributed by atoms with Crippen LogP contribution in [0.5, 0.6) is 0 Å². The van der Waals surface area contributed by atoms with Crippen molar-refractivity contribution in [2.75, 3.05) is 25.0 Å². The lowest BCUT2D eigenvalue weighted by atomic mass is 10.3. The van der Waals surface area contributed by atoms with E-state index in [1.54, 1.807) is 6.07 Å². The molecule has 1 amide bonds. The third kappa shape index (κ3) is 3.09. The Labute approximate surface area is 105 Å². The van der Waals surface area contributed by atoms with Gasteiger partial charge in [0.25, 0.3) is 0 Å². The van der Waals surface area contributed by atoms with Crippen LogP contribution in [0.25, 0.3) is 0 Å². The lowest BCUT2D eigenvalue weighted by molar-refractivity contribution is -0.128. The molecule has 0 unspecified atom stereocenters. The van der Waals surface area contributed by atoms with Crippen molar-refractivity contribution < 1.29 is 9.18 Å². The highest BCUT2D eigenvalue weighted by Gasteiger charge is 2.17. The first-order valence-corrected chi connectivity index (χ1v) is 6.01. The number of hydrogen-bond donors (Lipinski definition) is 1. The Hall–Kier alpha value is -1.29. The van der Waals surface area contributed by atoms with Crippen LogP contribution in [-0.4, -0.2) is 30.4 Å². The highest BCUT2D eigenvalue weighted by molar-refractivity contribution is 6.30. The first-order valence-electron chi connectivity index (χ1n) is 5.63. The van der Waals surface area contributed by atoms with Crippen molar-refractivity contribution in [1.29, 1.82) is 0 Å². The first-order chi connectivity index (χ1) is 8.16. The summed E-state index contributed by atoms with van der Waals surface area (Å²) >= 11 is 5.57. The summed E-state index contributed by atoms with van der Waals surface area (Å²) in [5.74, 6) is -0.428. The summed E-state index contributed by atoms with van der Waals surface area (Å²) in [4.78, 5) is 13.5. The molecule has 0 aliphatic carbocycles. The molecular weight excluding hydrogens is 243 g/mol. The summed E-state index contributed by atoms with van der Waals surface area (Å²) in [7, 11) is 0. The van der Waals surface area contributed by atoms with E-state index in [-0.39, 0.29) is 17.5 Å². The van der Waals surface area contributed by atoms with Gasteiger partial charge in [-0.05, 0) is 31.0 Å². The average Bonchev–Trinajstić information content (AvgIpc) is 2.84. The molecule has 0 aromatic heterocycles. The standard InChI is InChI=1S/C12H14ClFN2O/c13-10-4-3-9(7-11(10)14)15-8-12(17)16-5-1-2-6-16/h3-4,7,15H,1-2,5-6,8H2. The van der Waals surface area contributed by atoms with E-state index >= 15 is 0 Å². The normalized spacial score (nSPS) is 15.1. The maximum atomic E-state index is 13.1. The van der Waals surface area contributed by atoms with E-state index in [1.807, 2.05) is 4.90 Å². The maximum Gasteiger partial charge on any atom is 0.241 e. The van der Waals surface area contributed by atoms with Crippen molar-refractivity contribution in [3.05, 3.63) is 29.0 Å². The molecule has 0 radical (unpaired) electrons. The molecule has 2 rings (SSSR count). The number of likely N-dealkylation sites (tertiary alicyclic amines) is 1. The number of benzene rings is 1. The van der Waals surface area contributed by atoms with Crippen LogP contribution in [0.1, 0.15) is 12.8 Å². The third-order valence-electron chi connectivity index (χ3n) is 2.82. The van der Waals surface area contributed by atoms with Crippen molar-refractivity contribution in [3.8, 4) is 0 Å². The zero-order chi connectivity index (χ0) is 12.3. The monoisotopic (exact) mass is 256 g/mol. The van der Waals surface area contributed by atoms with Crippen molar-refractivity contribution in [1.82, 2.24) is 4.90 Å². The van der Waals surface area contributed by atoms with Crippen LogP contribution in [0.3, 0.4) is 0 Å². The second kappa shape index (κ2) is 5.36. The van der Waals surface area contributed by atoms with Gasteiger partial charge in [0.15, 0.2) is 0 Å². The van der Waals surface area contributed by atoms with Crippen LogP contribution < -0.4 is 5.32 Å². The van der Waals surface area contributed by atoms with Crippen LogP contribution in [0.15, 0.2) is 18.2 Å². The number of nitrogens with zero attached hydrogens (tertiary/aromatic N) is 1. The van der Waals surface area contributed by atoms with Gasteiger partial charge in [0.1, 0.15) is 5.82 Å². The Morgan fingerprint density at radius 2 is 2.12 bits per heavy atom. The molecular formula is C12H14ClFN2O. The van der Waals surface area contributed by atoms with Crippen LogP contribution in [0, 0.1) is 5.82 Å². The number of nitrogens with one attached hydrogen (secondary N) is 1. The van der Waals surface area contributed by atoms with Gasteiger partial charge in [0.05, 0.1) is 11.6 Å². The van der Waals surface area contributed by atoms with E-state index in [0.717, 1.165) is 25.9 Å². The molecule has 0 atom stereocenters. The number of halogens is 2. The molecule has 0 bridgehead atoms. The SMILES string of the molecule is O=C(CNc1ccc(Cl)c(F)c1)N1CCCC1. The van der Waals surface area contributed by atoms with E-state index in [4.69, 9.17) is 11.6 Å². The van der Waals surface area contributed by atoms with E-state index in [9.17, 15) is 9.18 Å². The predicted molar refractivity (Wildman–Crippen MR) is 65.7 cm³/mol. The molecule has 1 saturated heterocycles. The lowest BCUT2D eigenvalue weighted by Gasteiger charge is -2.16. The largest absolute Gasteiger partial charge is 0.376 e. The molecule has 1 N–H and O–H groups in total. The fraction of sp³-hybridized carbons (Fsp3) is 0.417. The van der Waals surface area contributed by atoms with Gasteiger partial charge in [-0.25, -0.2) is 4.39 Å². The van der Waals surface area contributed by atoms with Gasteiger partial charge in [-0.3, -0.25) is 4.79 Å². The molecule has 1 aromatic rings. The zero-order valence-electron chi connectivity index (χ0n) is 9.38. The summed E-state index contributed by atoms with van der Waals surface area (Å²) in [6.45, 7) is 1.85. The average molecular weight is 257 g/mol. The molecule has 3 nitrogen and oxygen atoms in total. The highest BCUT2D eigenvalue weighted by atomic mass is 35.5. The molecule has 1 aliphatic heterocycles. The van der Waals surface area contributed by atoms with Crippen LogP contribution >= 0.6 is 11.6 Å². The van der Waals surface area contributed by atoms with Crippen molar-refractivity contribution in [3.63, 3.8) is 0 Å². The molecule has 1 fully saturated rings. The number of amides is 1. The van der Waals surface area contributed by atoms with Gasteiger partial charge < -0.3 is 10.2 Å². The number of anilines is 1. The predicted octanol–water partition coefficient (Wildman–Crippen LogP) is 2.51. The van der Waals surface area contributed by atoms with E-state index in [1.165, 1.54) is 12.1 Å². The zero-order valence-corrected chi connectivity index (χ0v) is 10.1. The van der Waals surface area contributed by atoms with Gasteiger partial charge in [-0.2, -0.15) is 0 Å². The van der Waals surface area contributed by atoms with Crippen molar-refractivity contribution >= 4 is 23.2 Å². The molecule has 0 saturated carbocycles. The molecule has 5 heteroatoms. The van der Waals surface area contributed by atoms with E-state index in [0.29, 0.717) is 5.69 Å². The minimum Gasteiger partial charge on any atom is -0.376 e. The highest BCUT2D eigenvalue weighted by Crippen LogP contribution is 2.18. The number of carbonyl (C=O) groups excluding carboxylic acids is 1. The second-order valence-electron chi connectivity index (χ2n) is 4.07. The molecule has 1 heterocycles. The smallest absolute Gasteiger partial charge is 0.241 e. The van der Waals surface area contributed by atoms with Gasteiger partial charge in [0, 0.05) is 18.8 Å². The maximum absolute atomic E-state index is 13.1. The van der Waals surface area contributed by atoms with Gasteiger partial charge in [-0.1, -0.05) is 11.6 Å². The Kier molecular flexibility index (Phi) is 3.84. The van der Waals surface area contributed by atoms with Gasteiger partial charge in [-0.15, -0.1) is 0 Å². The minimum absolute atomic E-state index is 0.0536. The fourth-order valence-corrected chi connectivity index (χ4v) is 1.98. The molecule has 92 valence electrons. The van der Waals surface area contributed by atoms with Crippen LogP contribution in [-0.2, 0) is 4.79 Å². The number of carbonyl (C=O) groups is 1. The minimum atomic E-state index is -0.481. The molecule has 1 aliphatic rings. The summed E-state index contributed by atoms with van der Waals surface area (Å²) in [5, 5.41) is 2.98. The Balaban J connectivity index is 1.88. The van der Waals surface area contributed by atoms with Crippen molar-refractivity contribution in [2.45, 2.75) is 12.8 Å². The van der Waals surface area contributed by atoms with Gasteiger partial charge >= 0.3 is 0 Å². The number of rotatable bonds is 3. The summed E-state index contributed by atoms with van der Waals surface area (Å²) in [6.07, 6.45) is 2.14. The Bertz CT molecular complexity index is 419. The number of hydrogen-bond acceptors (Lipinski definition) is 2. The molecule has 1 aromatic carbocycles. The molecule has 0 spiro atoms. The second-order valence-corrected chi connectivity index (χ2v) is 4.48. The van der Waals surface area contributed by atoms with Gasteiger partial charge in [0.2, 0.25) is 5.91 Å². The quantitative estimate of drug-likeness (QED) is 0.901. The first kappa shape index (κ1) is 12.2. The summed E-state index contributed by atoms with van der Waals surface area (Å²) < 4.78 is 13.1. The Morgan fingerprint density at radius 1 is 1.41 bits per heavy atom. The van der Waals surface area contributed by atoms with E-state index in [2.05, 4.69) is 5.32 Å². The fourth-order valence-electron chi connectivity index (χ4n) is 1.86. The summed E-state index contributed by atoms with van der Waals surface area (Å²) in [6, 6.07) is 4.42. The lowest BCUT2D eigenvalue weighted by Crippen LogP contribution is -2.32. The van der Waals surface area contributed by atoms with E-state index < -0.39 is 5.82 Å². The third-order valence-corrected chi connectivity index (χ3v) is 3.13. The molecule has 17 heavy (non-hydrogen) atoms. The summed E-state index contributed by atoms with van der Waals surface area (Å²) in [5.41, 5.74) is 0.569. The van der Waals surface area contributed by atoms with Crippen LogP contribution in [0.2, 0.25) is 5.02 Å².